The molecule has 0 aromatic heterocycles. The van der Waals surface area contributed by atoms with Crippen molar-refractivity contribution in [3.8, 4) is 0 Å². The summed E-state index contributed by atoms with van der Waals surface area (Å²) in [5.74, 6) is 0.0367. The van der Waals surface area contributed by atoms with Crippen LogP contribution < -0.4 is 0 Å². The molecule has 3 aliphatic rings. The summed E-state index contributed by atoms with van der Waals surface area (Å²) < 4.78 is 6.70. The summed E-state index contributed by atoms with van der Waals surface area (Å²) in [5.41, 5.74) is -0.949. The number of aliphatic hydroxyl groups excluding tert-OH is 1. The van der Waals surface area contributed by atoms with Gasteiger partial charge in [-0.05, 0) is 36.2 Å². The standard InChI is InChI=1S/C17H32N2O5Si/c1-4-25(5-2,6-3)24-15-13-22-19-17(15,11-14(12-20)23-19)16(21)18-9-7-8-10-18/h14-15,20H,4-13H2,1-3H3. The number of hydrogen-bond acceptors (Lipinski definition) is 6. The first-order valence-corrected chi connectivity index (χ1v) is 12.3. The predicted octanol–water partition coefficient (Wildman–Crippen LogP) is 1.68. The van der Waals surface area contributed by atoms with Crippen molar-refractivity contribution in [1.29, 1.82) is 0 Å². The molecule has 3 unspecified atom stereocenters. The Morgan fingerprint density at radius 1 is 1.24 bits per heavy atom. The smallest absolute Gasteiger partial charge is 0.250 e. The van der Waals surface area contributed by atoms with E-state index in [2.05, 4.69) is 20.8 Å². The second-order valence-corrected chi connectivity index (χ2v) is 12.2. The number of hydroxylamine groups is 2. The molecule has 0 saturated carbocycles. The first kappa shape index (κ1) is 19.3. The molecule has 3 atom stereocenters. The van der Waals surface area contributed by atoms with Gasteiger partial charge >= 0.3 is 0 Å². The number of carbonyl (C=O) groups excluding carboxylic acids is 1. The van der Waals surface area contributed by atoms with Crippen molar-refractivity contribution >= 4 is 14.2 Å². The lowest BCUT2D eigenvalue weighted by molar-refractivity contribution is -0.356. The Hall–Kier alpha value is -0.513. The van der Waals surface area contributed by atoms with Crippen LogP contribution in [0.5, 0.6) is 0 Å². The molecule has 1 amide bonds. The number of fused-ring (bicyclic) bond motifs is 1. The van der Waals surface area contributed by atoms with E-state index in [1.165, 1.54) is 5.23 Å². The quantitative estimate of drug-likeness (QED) is 0.686. The zero-order valence-electron chi connectivity index (χ0n) is 15.7. The Morgan fingerprint density at radius 3 is 2.44 bits per heavy atom. The van der Waals surface area contributed by atoms with E-state index in [4.69, 9.17) is 14.1 Å². The van der Waals surface area contributed by atoms with Crippen LogP contribution in [-0.2, 0) is 18.9 Å². The Balaban J connectivity index is 1.90. The Kier molecular flexibility index (Phi) is 5.87. The van der Waals surface area contributed by atoms with E-state index in [0.717, 1.165) is 44.1 Å². The Morgan fingerprint density at radius 2 is 1.88 bits per heavy atom. The van der Waals surface area contributed by atoms with E-state index in [1.54, 1.807) is 0 Å². The van der Waals surface area contributed by atoms with Gasteiger partial charge in [-0.3, -0.25) is 14.5 Å². The van der Waals surface area contributed by atoms with Crippen molar-refractivity contribution in [3.05, 3.63) is 0 Å². The highest BCUT2D eigenvalue weighted by atomic mass is 28.4. The fourth-order valence-corrected chi connectivity index (χ4v) is 7.25. The molecule has 0 bridgehead atoms. The Labute approximate surface area is 151 Å². The molecule has 3 saturated heterocycles. The summed E-state index contributed by atoms with van der Waals surface area (Å²) >= 11 is 0. The van der Waals surface area contributed by atoms with E-state index < -0.39 is 20.0 Å². The molecule has 25 heavy (non-hydrogen) atoms. The summed E-state index contributed by atoms with van der Waals surface area (Å²) in [7, 11) is -1.90. The van der Waals surface area contributed by atoms with Crippen LogP contribution in [0.1, 0.15) is 40.0 Å². The van der Waals surface area contributed by atoms with Gasteiger partial charge in [0.2, 0.25) is 0 Å². The summed E-state index contributed by atoms with van der Waals surface area (Å²) in [6, 6.07) is 3.07. The lowest BCUT2D eigenvalue weighted by Crippen LogP contribution is -2.61. The summed E-state index contributed by atoms with van der Waals surface area (Å²) in [5, 5.41) is 10.9. The van der Waals surface area contributed by atoms with Gasteiger partial charge in [0.05, 0.1) is 13.2 Å². The molecular formula is C17H32N2O5Si. The number of likely N-dealkylation sites (tertiary alicyclic amines) is 1. The van der Waals surface area contributed by atoms with Gasteiger partial charge < -0.3 is 14.4 Å². The van der Waals surface area contributed by atoms with Crippen molar-refractivity contribution < 1.29 is 24.0 Å². The second-order valence-electron chi connectivity index (χ2n) is 7.44. The number of amides is 1. The Bertz CT molecular complexity index is 475. The van der Waals surface area contributed by atoms with Crippen LogP contribution >= 0.6 is 0 Å². The van der Waals surface area contributed by atoms with Crippen molar-refractivity contribution in [2.24, 2.45) is 0 Å². The maximum absolute atomic E-state index is 13.5. The average molecular weight is 373 g/mol. The highest BCUT2D eigenvalue weighted by Crippen LogP contribution is 2.44. The summed E-state index contributed by atoms with van der Waals surface area (Å²) in [6.07, 6.45) is 1.75. The molecule has 8 heteroatoms. The fourth-order valence-electron chi connectivity index (χ4n) is 4.38. The predicted molar refractivity (Wildman–Crippen MR) is 95.0 cm³/mol. The molecule has 3 aliphatic heterocycles. The number of rotatable bonds is 7. The zero-order chi connectivity index (χ0) is 18.1. The van der Waals surface area contributed by atoms with Gasteiger partial charge in [-0.15, -0.1) is 0 Å². The molecule has 3 rings (SSSR count). The minimum atomic E-state index is -1.90. The number of nitrogens with zero attached hydrogens (tertiary/aromatic N) is 2. The molecule has 144 valence electrons. The number of hydrogen-bond donors (Lipinski definition) is 1. The van der Waals surface area contributed by atoms with E-state index in [-0.39, 0.29) is 18.6 Å². The van der Waals surface area contributed by atoms with E-state index in [1.807, 2.05) is 4.90 Å². The van der Waals surface area contributed by atoms with Crippen LogP contribution in [0.15, 0.2) is 0 Å². The average Bonchev–Trinajstić information content (AvgIpc) is 3.35. The lowest BCUT2D eigenvalue weighted by atomic mass is 9.87. The van der Waals surface area contributed by atoms with Gasteiger partial charge in [0.25, 0.3) is 5.91 Å². The van der Waals surface area contributed by atoms with Crippen molar-refractivity contribution in [2.75, 3.05) is 26.3 Å². The van der Waals surface area contributed by atoms with Crippen molar-refractivity contribution in [2.45, 2.75) is 75.9 Å². The fraction of sp³-hybridized carbons (Fsp3) is 0.941. The topological polar surface area (TPSA) is 71.5 Å². The maximum Gasteiger partial charge on any atom is 0.250 e. The molecule has 0 spiro atoms. The zero-order valence-corrected chi connectivity index (χ0v) is 16.7. The van der Waals surface area contributed by atoms with Crippen LogP contribution in [0, 0.1) is 0 Å². The number of aliphatic hydroxyl groups is 1. The van der Waals surface area contributed by atoms with E-state index in [9.17, 15) is 9.90 Å². The summed E-state index contributed by atoms with van der Waals surface area (Å²) in [6.45, 7) is 8.33. The van der Waals surface area contributed by atoms with Crippen LogP contribution in [0.4, 0.5) is 0 Å². The lowest BCUT2D eigenvalue weighted by Gasteiger charge is -2.39. The van der Waals surface area contributed by atoms with Crippen molar-refractivity contribution in [1.82, 2.24) is 10.1 Å². The first-order chi connectivity index (χ1) is 12.0. The largest absolute Gasteiger partial charge is 0.409 e. The SMILES string of the molecule is CC[Si](CC)(CC)OC1CON2OC(CO)CC12C(=O)N1CCCC1. The minimum Gasteiger partial charge on any atom is -0.409 e. The highest BCUT2D eigenvalue weighted by molar-refractivity contribution is 6.73. The maximum atomic E-state index is 13.5. The molecule has 3 heterocycles. The van der Waals surface area contributed by atoms with Gasteiger partial charge in [-0.2, -0.15) is 0 Å². The first-order valence-electron chi connectivity index (χ1n) is 9.73. The molecule has 0 aromatic carbocycles. The molecule has 7 nitrogen and oxygen atoms in total. The second kappa shape index (κ2) is 7.62. The van der Waals surface area contributed by atoms with Gasteiger partial charge in [0, 0.05) is 19.5 Å². The molecule has 1 N–H and O–H groups in total. The molecule has 0 aromatic rings. The third kappa shape index (κ3) is 3.17. The molecule has 0 aliphatic carbocycles. The van der Waals surface area contributed by atoms with Gasteiger partial charge in [-0.1, -0.05) is 20.8 Å². The molecule has 0 radical (unpaired) electrons. The molecule has 3 fully saturated rings. The highest BCUT2D eigenvalue weighted by Gasteiger charge is 2.65. The van der Waals surface area contributed by atoms with E-state index >= 15 is 0 Å². The normalized spacial score (nSPS) is 33.2. The van der Waals surface area contributed by atoms with Gasteiger partial charge in [-0.25, -0.2) is 0 Å². The third-order valence-corrected chi connectivity index (χ3v) is 10.9. The van der Waals surface area contributed by atoms with Crippen LogP contribution in [0.3, 0.4) is 0 Å². The molecular weight excluding hydrogens is 340 g/mol. The monoisotopic (exact) mass is 372 g/mol. The number of carbonyl (C=O) groups is 1. The minimum absolute atomic E-state index is 0.0367. The van der Waals surface area contributed by atoms with Gasteiger partial charge in [0.15, 0.2) is 13.9 Å². The summed E-state index contributed by atoms with van der Waals surface area (Å²) in [4.78, 5) is 26.8. The van der Waals surface area contributed by atoms with Gasteiger partial charge in [0.1, 0.15) is 12.2 Å². The third-order valence-electron chi connectivity index (χ3n) is 6.28. The van der Waals surface area contributed by atoms with Crippen LogP contribution in [0.2, 0.25) is 18.1 Å². The van der Waals surface area contributed by atoms with E-state index in [0.29, 0.717) is 13.0 Å². The van der Waals surface area contributed by atoms with Crippen LogP contribution in [-0.4, -0.2) is 73.5 Å². The van der Waals surface area contributed by atoms with Crippen LogP contribution in [0.25, 0.3) is 0 Å². The van der Waals surface area contributed by atoms with Crippen molar-refractivity contribution in [3.63, 3.8) is 0 Å².